The van der Waals surface area contributed by atoms with Gasteiger partial charge >= 0.3 is 0 Å². The first kappa shape index (κ1) is 18.2. The number of fused-ring (bicyclic) bond motifs is 1. The number of morpholine rings is 1. The lowest BCUT2D eigenvalue weighted by Crippen LogP contribution is -2.40. The van der Waals surface area contributed by atoms with Crippen molar-refractivity contribution in [1.82, 2.24) is 9.29 Å². The van der Waals surface area contributed by atoms with Crippen LogP contribution in [0.1, 0.15) is 0 Å². The minimum atomic E-state index is -3.62. The molecule has 0 bridgehead atoms. The van der Waals surface area contributed by atoms with Crippen molar-refractivity contribution in [1.29, 1.82) is 0 Å². The summed E-state index contributed by atoms with van der Waals surface area (Å²) in [4.78, 5) is 4.40. The first-order valence-electron chi connectivity index (χ1n) is 8.14. The summed E-state index contributed by atoms with van der Waals surface area (Å²) in [5.41, 5.74) is 1.31. The molecule has 4 rings (SSSR count). The predicted octanol–water partition coefficient (Wildman–Crippen LogP) is 3.38. The summed E-state index contributed by atoms with van der Waals surface area (Å²) < 4.78 is 50.9. The molecule has 27 heavy (non-hydrogen) atoms. The van der Waals surface area contributed by atoms with E-state index >= 15 is 0 Å². The molecule has 1 fully saturated rings. The SMILES string of the molecule is O=S(=O)(c1ccc2oc(Nc3ccc(F)c(Cl)c3)nc2c1)N1CCOCC1. The Balaban J connectivity index is 1.62. The van der Waals surface area contributed by atoms with E-state index in [0.717, 1.165) is 0 Å². The molecule has 3 aromatic rings. The van der Waals surface area contributed by atoms with Gasteiger partial charge in [0.15, 0.2) is 5.58 Å². The van der Waals surface area contributed by atoms with E-state index in [4.69, 9.17) is 20.8 Å². The number of oxazole rings is 1. The normalized spacial score (nSPS) is 15.9. The molecule has 1 aromatic heterocycles. The number of sulfonamides is 1. The molecule has 1 saturated heterocycles. The number of anilines is 2. The highest BCUT2D eigenvalue weighted by Crippen LogP contribution is 2.27. The van der Waals surface area contributed by atoms with Crippen LogP contribution < -0.4 is 5.32 Å². The summed E-state index contributed by atoms with van der Waals surface area (Å²) >= 11 is 5.76. The van der Waals surface area contributed by atoms with Crippen molar-refractivity contribution < 1.29 is 22.0 Å². The van der Waals surface area contributed by atoms with E-state index in [2.05, 4.69) is 10.3 Å². The van der Waals surface area contributed by atoms with Gasteiger partial charge in [-0.1, -0.05) is 11.6 Å². The van der Waals surface area contributed by atoms with Gasteiger partial charge in [-0.2, -0.15) is 9.29 Å². The molecule has 7 nitrogen and oxygen atoms in total. The van der Waals surface area contributed by atoms with E-state index in [0.29, 0.717) is 43.1 Å². The number of hydrogen-bond acceptors (Lipinski definition) is 6. The van der Waals surface area contributed by atoms with Crippen LogP contribution in [0.15, 0.2) is 45.7 Å². The standard InChI is InChI=1S/C17H15ClFN3O4S/c18-13-9-11(1-3-14(13)19)20-17-21-15-10-12(2-4-16(15)26-17)27(23,24)22-5-7-25-8-6-22/h1-4,9-10H,5-8H2,(H,20,21). The van der Waals surface area contributed by atoms with Gasteiger partial charge in [-0.05, 0) is 36.4 Å². The van der Waals surface area contributed by atoms with Crippen molar-refractivity contribution in [2.75, 3.05) is 31.6 Å². The third-order valence-electron chi connectivity index (χ3n) is 4.14. The van der Waals surface area contributed by atoms with Crippen molar-refractivity contribution in [3.05, 3.63) is 47.2 Å². The van der Waals surface area contributed by atoms with E-state index in [1.165, 1.54) is 34.6 Å². The highest BCUT2D eigenvalue weighted by Gasteiger charge is 2.27. The number of aromatic nitrogens is 1. The Morgan fingerprint density at radius 3 is 2.67 bits per heavy atom. The van der Waals surface area contributed by atoms with Crippen LogP contribution >= 0.6 is 11.6 Å². The topological polar surface area (TPSA) is 84.7 Å². The van der Waals surface area contributed by atoms with Gasteiger partial charge < -0.3 is 14.5 Å². The molecule has 2 heterocycles. The highest BCUT2D eigenvalue weighted by molar-refractivity contribution is 7.89. The van der Waals surface area contributed by atoms with Crippen LogP contribution in [0.4, 0.5) is 16.1 Å². The summed E-state index contributed by atoms with van der Waals surface area (Å²) in [6.45, 7) is 1.38. The third-order valence-corrected chi connectivity index (χ3v) is 6.32. The molecule has 1 N–H and O–H groups in total. The number of halogens is 2. The molecule has 0 amide bonds. The summed E-state index contributed by atoms with van der Waals surface area (Å²) in [6.07, 6.45) is 0. The molecule has 0 spiro atoms. The lowest BCUT2D eigenvalue weighted by atomic mass is 10.3. The van der Waals surface area contributed by atoms with Crippen LogP contribution in [0.25, 0.3) is 11.1 Å². The van der Waals surface area contributed by atoms with E-state index in [9.17, 15) is 12.8 Å². The fraction of sp³-hybridized carbons (Fsp3) is 0.235. The molecule has 1 aliphatic rings. The number of nitrogens with zero attached hydrogens (tertiary/aromatic N) is 2. The second kappa shape index (κ2) is 7.08. The molecular weight excluding hydrogens is 397 g/mol. The van der Waals surface area contributed by atoms with Crippen LogP contribution in [-0.4, -0.2) is 44.0 Å². The van der Waals surface area contributed by atoms with Crippen LogP contribution in [0.3, 0.4) is 0 Å². The molecule has 0 radical (unpaired) electrons. The first-order chi connectivity index (χ1) is 12.9. The molecule has 0 aliphatic carbocycles. The maximum absolute atomic E-state index is 13.2. The Morgan fingerprint density at radius 2 is 1.93 bits per heavy atom. The van der Waals surface area contributed by atoms with Crippen molar-refractivity contribution in [3.8, 4) is 0 Å². The third kappa shape index (κ3) is 3.63. The van der Waals surface area contributed by atoms with Gasteiger partial charge in [0.1, 0.15) is 11.3 Å². The van der Waals surface area contributed by atoms with E-state index in [1.807, 2.05) is 0 Å². The molecule has 0 atom stereocenters. The Labute approximate surface area is 159 Å². The van der Waals surface area contributed by atoms with Crippen molar-refractivity contribution in [2.45, 2.75) is 4.90 Å². The minimum absolute atomic E-state index is 0.0324. The first-order valence-corrected chi connectivity index (χ1v) is 9.96. The Morgan fingerprint density at radius 1 is 1.15 bits per heavy atom. The summed E-state index contributed by atoms with van der Waals surface area (Å²) in [7, 11) is -3.62. The van der Waals surface area contributed by atoms with Crippen LogP contribution in [0.2, 0.25) is 5.02 Å². The molecule has 2 aromatic carbocycles. The van der Waals surface area contributed by atoms with Gasteiger partial charge in [0.2, 0.25) is 10.0 Å². The highest BCUT2D eigenvalue weighted by atomic mass is 35.5. The quantitative estimate of drug-likeness (QED) is 0.708. The maximum Gasteiger partial charge on any atom is 0.300 e. The number of nitrogens with one attached hydrogen (secondary N) is 1. The van der Waals surface area contributed by atoms with Gasteiger partial charge in [0.25, 0.3) is 6.01 Å². The zero-order chi connectivity index (χ0) is 19.0. The smallest absolute Gasteiger partial charge is 0.300 e. The Bertz CT molecular complexity index is 1100. The average molecular weight is 412 g/mol. The van der Waals surface area contributed by atoms with Crippen LogP contribution in [0.5, 0.6) is 0 Å². The fourth-order valence-corrected chi connectivity index (χ4v) is 4.36. The van der Waals surface area contributed by atoms with Crippen LogP contribution in [-0.2, 0) is 14.8 Å². The average Bonchev–Trinajstić information content (AvgIpc) is 3.07. The number of benzene rings is 2. The molecule has 1 aliphatic heterocycles. The maximum atomic E-state index is 13.2. The van der Waals surface area contributed by atoms with E-state index < -0.39 is 15.8 Å². The zero-order valence-corrected chi connectivity index (χ0v) is 15.6. The van der Waals surface area contributed by atoms with Gasteiger partial charge in [0.05, 0.1) is 23.1 Å². The lowest BCUT2D eigenvalue weighted by Gasteiger charge is -2.25. The largest absolute Gasteiger partial charge is 0.423 e. The van der Waals surface area contributed by atoms with Gasteiger partial charge in [-0.25, -0.2) is 12.8 Å². The lowest BCUT2D eigenvalue weighted by molar-refractivity contribution is 0.0730. The minimum Gasteiger partial charge on any atom is -0.423 e. The van der Waals surface area contributed by atoms with Gasteiger partial charge in [-0.15, -0.1) is 0 Å². The number of rotatable bonds is 4. The molecule has 142 valence electrons. The van der Waals surface area contributed by atoms with Crippen molar-refractivity contribution >= 4 is 44.4 Å². The molecule has 0 unspecified atom stereocenters. The Kier molecular flexibility index (Phi) is 4.77. The van der Waals surface area contributed by atoms with Crippen LogP contribution in [0, 0.1) is 5.82 Å². The zero-order valence-electron chi connectivity index (χ0n) is 14.0. The molecular formula is C17H15ClFN3O4S. The fourth-order valence-electron chi connectivity index (χ4n) is 2.75. The summed E-state index contributed by atoms with van der Waals surface area (Å²) in [5, 5.41) is 2.85. The van der Waals surface area contributed by atoms with E-state index in [1.54, 1.807) is 6.07 Å². The predicted molar refractivity (Wildman–Crippen MR) is 98.3 cm³/mol. The second-order valence-corrected chi connectivity index (χ2v) is 8.26. The molecule has 0 saturated carbocycles. The monoisotopic (exact) mass is 411 g/mol. The summed E-state index contributed by atoms with van der Waals surface area (Å²) in [6, 6.07) is 8.76. The van der Waals surface area contributed by atoms with Crippen molar-refractivity contribution in [2.24, 2.45) is 0 Å². The Hall–Kier alpha value is -2.20. The van der Waals surface area contributed by atoms with Gasteiger partial charge in [0, 0.05) is 18.8 Å². The number of ether oxygens (including phenoxy) is 1. The van der Waals surface area contributed by atoms with E-state index in [-0.39, 0.29) is 15.9 Å². The second-order valence-electron chi connectivity index (χ2n) is 5.92. The number of hydrogen-bond donors (Lipinski definition) is 1. The molecule has 10 heteroatoms. The van der Waals surface area contributed by atoms with Crippen molar-refractivity contribution in [3.63, 3.8) is 0 Å². The van der Waals surface area contributed by atoms with Gasteiger partial charge in [-0.3, -0.25) is 0 Å². The summed E-state index contributed by atoms with van der Waals surface area (Å²) in [5.74, 6) is -0.530.